The van der Waals surface area contributed by atoms with Crippen LogP contribution < -0.4 is 11.1 Å². The molecule has 3 aliphatic carbocycles. The van der Waals surface area contributed by atoms with Crippen LogP contribution >= 0.6 is 0 Å². The number of nitrogens with one attached hydrogen (secondary N) is 1. The van der Waals surface area contributed by atoms with Gasteiger partial charge in [-0.05, 0) is 93.5 Å². The fraction of sp³-hybridized carbons (Fsp3) is 0.741. The average Bonchev–Trinajstić information content (AvgIpc) is 2.74. The Bertz CT molecular complexity index is 658. The average molecular weight is 413 g/mol. The summed E-state index contributed by atoms with van der Waals surface area (Å²) in [6.45, 7) is 8.96. The molecular formula is C27H44N2O. The third-order valence-electron chi connectivity index (χ3n) is 8.43. The van der Waals surface area contributed by atoms with Gasteiger partial charge in [0.25, 0.3) is 0 Å². The molecule has 3 saturated carbocycles. The highest BCUT2D eigenvalue weighted by Gasteiger charge is 2.50. The minimum absolute atomic E-state index is 0.241. The summed E-state index contributed by atoms with van der Waals surface area (Å²) in [4.78, 5) is 12.6. The van der Waals surface area contributed by atoms with E-state index in [1.807, 2.05) is 0 Å². The number of hydrogen-bond acceptors (Lipinski definition) is 2. The van der Waals surface area contributed by atoms with Crippen molar-refractivity contribution >= 4 is 5.91 Å². The second kappa shape index (κ2) is 10.3. The van der Waals surface area contributed by atoms with Crippen molar-refractivity contribution in [1.82, 2.24) is 5.32 Å². The summed E-state index contributed by atoms with van der Waals surface area (Å²) in [7, 11) is 0. The van der Waals surface area contributed by atoms with Gasteiger partial charge >= 0.3 is 0 Å². The molecule has 0 aromatic carbocycles. The maximum absolute atomic E-state index is 12.6. The molecule has 0 radical (unpaired) electrons. The molecule has 3 atom stereocenters. The quantitative estimate of drug-likeness (QED) is 0.466. The van der Waals surface area contributed by atoms with Crippen molar-refractivity contribution in [2.45, 2.75) is 109 Å². The minimum Gasteiger partial charge on any atom is -0.353 e. The van der Waals surface area contributed by atoms with Gasteiger partial charge in [0.2, 0.25) is 5.91 Å². The molecule has 0 saturated heterocycles. The first-order chi connectivity index (χ1) is 14.4. The predicted molar refractivity (Wildman–Crippen MR) is 127 cm³/mol. The zero-order valence-electron chi connectivity index (χ0n) is 19.4. The number of amides is 1. The van der Waals surface area contributed by atoms with E-state index < -0.39 is 0 Å². The van der Waals surface area contributed by atoms with E-state index in [-0.39, 0.29) is 11.3 Å². The van der Waals surface area contributed by atoms with Gasteiger partial charge in [-0.1, -0.05) is 50.6 Å². The Morgan fingerprint density at radius 2 is 1.93 bits per heavy atom. The first kappa shape index (κ1) is 23.3. The molecule has 1 unspecified atom stereocenters. The lowest BCUT2D eigenvalue weighted by atomic mass is 9.49. The van der Waals surface area contributed by atoms with Crippen LogP contribution in [0.4, 0.5) is 0 Å². The van der Waals surface area contributed by atoms with Gasteiger partial charge in [-0.3, -0.25) is 4.79 Å². The zero-order chi connectivity index (χ0) is 21.6. The molecule has 3 nitrogen and oxygen atoms in total. The third-order valence-corrected chi connectivity index (χ3v) is 8.43. The minimum atomic E-state index is 0.241. The van der Waals surface area contributed by atoms with Crippen LogP contribution in [-0.4, -0.2) is 18.0 Å². The van der Waals surface area contributed by atoms with Crippen molar-refractivity contribution < 1.29 is 4.79 Å². The second-order valence-electron chi connectivity index (χ2n) is 10.6. The molecule has 1 amide bonds. The topological polar surface area (TPSA) is 55.1 Å². The number of nitrogens with two attached hydrogens (primary N) is 1. The monoisotopic (exact) mass is 412 g/mol. The summed E-state index contributed by atoms with van der Waals surface area (Å²) in [6, 6.07) is 0.670. The molecule has 0 spiro atoms. The van der Waals surface area contributed by atoms with Gasteiger partial charge < -0.3 is 11.1 Å². The molecule has 3 rings (SSSR count). The smallest absolute Gasteiger partial charge is 0.220 e. The van der Waals surface area contributed by atoms with Crippen molar-refractivity contribution in [3.8, 4) is 0 Å². The van der Waals surface area contributed by atoms with Gasteiger partial charge in [0.15, 0.2) is 0 Å². The second-order valence-corrected chi connectivity index (χ2v) is 10.6. The zero-order valence-corrected chi connectivity index (χ0v) is 19.4. The van der Waals surface area contributed by atoms with Crippen molar-refractivity contribution in [2.75, 3.05) is 0 Å². The lowest BCUT2D eigenvalue weighted by Gasteiger charge is -2.55. The molecular weight excluding hydrogens is 368 g/mol. The van der Waals surface area contributed by atoms with Gasteiger partial charge in [0.1, 0.15) is 0 Å². The third kappa shape index (κ3) is 5.66. The highest BCUT2D eigenvalue weighted by atomic mass is 16.1. The van der Waals surface area contributed by atoms with Crippen LogP contribution in [0.1, 0.15) is 97.3 Å². The van der Waals surface area contributed by atoms with Gasteiger partial charge in [-0.15, -0.1) is 0 Å². The van der Waals surface area contributed by atoms with Crippen LogP contribution in [0.2, 0.25) is 0 Å². The molecule has 3 N–H and O–H groups in total. The molecule has 0 heterocycles. The Morgan fingerprint density at radius 1 is 1.17 bits per heavy atom. The number of rotatable bonds is 8. The fourth-order valence-electron chi connectivity index (χ4n) is 6.70. The number of allylic oxidation sites excluding steroid dienone is 5. The van der Waals surface area contributed by atoms with E-state index in [4.69, 9.17) is 5.73 Å². The van der Waals surface area contributed by atoms with Crippen molar-refractivity contribution in [3.63, 3.8) is 0 Å². The lowest BCUT2D eigenvalue weighted by molar-refractivity contribution is -0.122. The van der Waals surface area contributed by atoms with Crippen LogP contribution in [-0.2, 0) is 4.79 Å². The van der Waals surface area contributed by atoms with Crippen LogP contribution in [0.15, 0.2) is 36.5 Å². The molecule has 3 fully saturated rings. The van der Waals surface area contributed by atoms with Crippen LogP contribution in [0.25, 0.3) is 0 Å². The Hall–Kier alpha value is -1.35. The van der Waals surface area contributed by atoms with Crippen LogP contribution in [0, 0.1) is 16.7 Å². The summed E-state index contributed by atoms with van der Waals surface area (Å²) < 4.78 is 0. The fourth-order valence-corrected chi connectivity index (χ4v) is 6.70. The molecule has 2 bridgehead atoms. The normalized spacial score (nSPS) is 36.8. The predicted octanol–water partition coefficient (Wildman–Crippen LogP) is 6.21. The number of carbonyl (C=O) groups excluding carboxylic acids is 1. The van der Waals surface area contributed by atoms with Crippen molar-refractivity contribution in [1.29, 1.82) is 0 Å². The molecule has 0 aromatic rings. The van der Waals surface area contributed by atoms with E-state index >= 15 is 0 Å². The number of fused-ring (bicyclic) bond motifs is 2. The summed E-state index contributed by atoms with van der Waals surface area (Å²) in [5.74, 6) is 0.883. The van der Waals surface area contributed by atoms with Crippen LogP contribution in [0.3, 0.4) is 0 Å². The van der Waals surface area contributed by atoms with E-state index in [1.165, 1.54) is 50.5 Å². The maximum atomic E-state index is 12.6. The van der Waals surface area contributed by atoms with E-state index in [1.54, 1.807) is 0 Å². The summed E-state index contributed by atoms with van der Waals surface area (Å²) in [5, 5.41) is 3.29. The Morgan fingerprint density at radius 3 is 2.63 bits per heavy atom. The molecule has 3 heteroatoms. The Balaban J connectivity index is 1.60. The summed E-state index contributed by atoms with van der Waals surface area (Å²) in [5.41, 5.74) is 8.01. The van der Waals surface area contributed by atoms with Gasteiger partial charge in [0, 0.05) is 18.5 Å². The first-order valence-corrected chi connectivity index (χ1v) is 12.4. The number of hydrogen-bond donors (Lipinski definition) is 2. The van der Waals surface area contributed by atoms with Gasteiger partial charge in [-0.25, -0.2) is 0 Å². The van der Waals surface area contributed by atoms with E-state index in [9.17, 15) is 4.79 Å². The molecule has 3 aliphatic rings. The highest BCUT2D eigenvalue weighted by Crippen LogP contribution is 2.62. The first-order valence-electron chi connectivity index (χ1n) is 12.4. The SMILES string of the molecule is C=C(/C=C\C=C/C)[C@]12CCC[C@](CC)(CC(CCC(=O)N[C@H]3CC[C@@H](N)CC3)C1)C2. The van der Waals surface area contributed by atoms with Crippen molar-refractivity contribution in [2.24, 2.45) is 22.5 Å². The van der Waals surface area contributed by atoms with E-state index in [0.29, 0.717) is 29.8 Å². The van der Waals surface area contributed by atoms with Crippen LogP contribution in [0.5, 0.6) is 0 Å². The molecule has 168 valence electrons. The van der Waals surface area contributed by atoms with Gasteiger partial charge in [-0.2, -0.15) is 0 Å². The Labute approximate surface area is 184 Å². The van der Waals surface area contributed by atoms with Crippen molar-refractivity contribution in [3.05, 3.63) is 36.5 Å². The summed E-state index contributed by atoms with van der Waals surface area (Å²) in [6.07, 6.45) is 23.4. The van der Waals surface area contributed by atoms with Gasteiger partial charge in [0.05, 0.1) is 0 Å². The Kier molecular flexibility index (Phi) is 8.01. The van der Waals surface area contributed by atoms with E-state index in [2.05, 4.69) is 50.0 Å². The lowest BCUT2D eigenvalue weighted by Crippen LogP contribution is -2.45. The molecule has 0 aromatic heterocycles. The molecule has 0 aliphatic heterocycles. The maximum Gasteiger partial charge on any atom is 0.220 e. The molecule has 30 heavy (non-hydrogen) atoms. The largest absolute Gasteiger partial charge is 0.353 e. The van der Waals surface area contributed by atoms with E-state index in [0.717, 1.165) is 32.1 Å². The standard InChI is InChI=1S/C27H44N2O/c1-4-6-7-9-21(3)27-17-8-16-26(5-2,20-27)18-22(19-27)10-15-25(30)29-24-13-11-23(28)12-14-24/h4,6-7,9,22-24H,3,5,8,10-20,28H2,1-2H3,(H,29,30)/b6-4-,9-7-/t22?,23-,24+,26-,27-/m1/s1. The summed E-state index contributed by atoms with van der Waals surface area (Å²) >= 11 is 0. The number of carbonyl (C=O) groups is 1. The highest BCUT2D eigenvalue weighted by molar-refractivity contribution is 5.76.